The molecule has 5 aromatic carbocycles. The van der Waals surface area contributed by atoms with Gasteiger partial charge in [0.25, 0.3) is 0 Å². The molecule has 7 rings (SSSR count). The smallest absolute Gasteiger partial charge is 0.117 e. The van der Waals surface area contributed by atoms with E-state index in [0.717, 1.165) is 24.8 Å². The zero-order valence-electron chi connectivity index (χ0n) is 30.3. The maximum Gasteiger partial charge on any atom is 0.117 e. The number of hydrogen-bond acceptors (Lipinski definition) is 2. The van der Waals surface area contributed by atoms with E-state index in [2.05, 4.69) is 166 Å². The topological polar surface area (TPSA) is 6.48 Å². The summed E-state index contributed by atoms with van der Waals surface area (Å²) in [7, 11) is 0. The highest BCUT2D eigenvalue weighted by molar-refractivity contribution is 7.94. The molecule has 1 heterocycles. The summed E-state index contributed by atoms with van der Waals surface area (Å²) in [6, 6.07) is 37.1. The van der Waals surface area contributed by atoms with Crippen molar-refractivity contribution >= 4 is 63.2 Å². The molecule has 1 aliphatic heterocycles. The van der Waals surface area contributed by atoms with Crippen molar-refractivity contribution in [3.05, 3.63) is 182 Å². The number of hydrogen-bond donors (Lipinski definition) is 0. The largest absolute Gasteiger partial charge is 0.325 e. The van der Waals surface area contributed by atoms with Crippen LogP contribution in [0.4, 0.5) is 11.4 Å². The molecule has 0 spiro atoms. The number of anilines is 2. The lowest BCUT2D eigenvalue weighted by atomic mass is 9.98. The first-order valence-electron chi connectivity index (χ1n) is 17.7. The fraction of sp³-hybridized carbons (Fsp3) is 0.196. The van der Waals surface area contributed by atoms with Gasteiger partial charge >= 0.3 is 0 Å². The predicted molar refractivity (Wildman–Crippen MR) is 226 cm³/mol. The van der Waals surface area contributed by atoms with E-state index in [-0.39, 0.29) is 0 Å². The number of rotatable bonds is 6. The van der Waals surface area contributed by atoms with E-state index in [9.17, 15) is 0 Å². The fourth-order valence-electron chi connectivity index (χ4n) is 8.39. The Bertz CT molecular complexity index is 2120. The Balaban J connectivity index is 1.48. The minimum absolute atomic E-state index is 0.573. The maximum absolute atomic E-state index is 7.20. The summed E-state index contributed by atoms with van der Waals surface area (Å²) < 4.78 is 0. The zero-order valence-corrected chi connectivity index (χ0v) is 32.7. The van der Waals surface area contributed by atoms with Crippen molar-refractivity contribution in [2.24, 2.45) is 0 Å². The van der Waals surface area contributed by atoms with Gasteiger partial charge in [-0.15, -0.1) is 0 Å². The number of halogens is 2. The van der Waals surface area contributed by atoms with Crippen LogP contribution in [0.1, 0.15) is 39.8 Å². The van der Waals surface area contributed by atoms with Crippen LogP contribution in [0.15, 0.2) is 138 Å². The van der Waals surface area contributed by atoms with Crippen molar-refractivity contribution in [1.29, 1.82) is 0 Å². The van der Waals surface area contributed by atoms with E-state index >= 15 is 0 Å². The van der Waals surface area contributed by atoms with E-state index in [4.69, 9.17) is 23.2 Å². The molecule has 0 atom stereocenters. The number of benzene rings is 5. The fourth-order valence-corrected chi connectivity index (χ4v) is 13.2. The van der Waals surface area contributed by atoms with Crippen LogP contribution in [0.5, 0.6) is 0 Å². The number of aryl methyl sites for hydroxylation is 6. The van der Waals surface area contributed by atoms with Gasteiger partial charge < -0.3 is 9.80 Å². The van der Waals surface area contributed by atoms with Crippen LogP contribution in [-0.2, 0) is 0 Å². The van der Waals surface area contributed by atoms with E-state index in [1.54, 1.807) is 0 Å². The van der Waals surface area contributed by atoms with Gasteiger partial charge in [-0.2, -0.15) is 0 Å². The van der Waals surface area contributed by atoms with Crippen LogP contribution in [0.3, 0.4) is 0 Å². The van der Waals surface area contributed by atoms with E-state index < -0.39 is 6.89 Å². The molecule has 0 aromatic heterocycles. The van der Waals surface area contributed by atoms with Gasteiger partial charge in [0.05, 0.1) is 10.0 Å². The zero-order chi connectivity index (χ0) is 35.9. The second-order valence-electron chi connectivity index (χ2n) is 14.0. The van der Waals surface area contributed by atoms with E-state index in [1.807, 2.05) is 12.1 Å². The minimum atomic E-state index is -2.43. The Kier molecular flexibility index (Phi) is 9.97. The monoisotopic (exact) mass is 726 g/mol. The first kappa shape index (κ1) is 35.2. The number of allylic oxidation sites excluding steroid dienone is 5. The molecule has 0 radical (unpaired) electrons. The molecule has 5 aromatic rings. The molecule has 51 heavy (non-hydrogen) atoms. The van der Waals surface area contributed by atoms with Crippen molar-refractivity contribution in [1.82, 2.24) is 0 Å². The molecular weight excluding hydrogens is 682 g/mol. The molecule has 0 amide bonds. The Morgan fingerprint density at radius 1 is 0.608 bits per heavy atom. The van der Waals surface area contributed by atoms with Crippen LogP contribution >= 0.6 is 30.1 Å². The third-order valence-electron chi connectivity index (χ3n) is 10.2. The van der Waals surface area contributed by atoms with E-state index in [1.165, 1.54) is 72.3 Å². The van der Waals surface area contributed by atoms with Crippen LogP contribution < -0.4 is 25.7 Å². The van der Waals surface area contributed by atoms with E-state index in [0.29, 0.717) is 10.0 Å². The molecule has 5 heteroatoms. The minimum Gasteiger partial charge on any atom is -0.325 e. The lowest BCUT2D eigenvalue weighted by Gasteiger charge is -2.33. The van der Waals surface area contributed by atoms with Gasteiger partial charge in [-0.3, -0.25) is 0 Å². The van der Waals surface area contributed by atoms with Crippen molar-refractivity contribution in [3.63, 3.8) is 0 Å². The molecule has 0 bridgehead atoms. The third-order valence-corrected chi connectivity index (χ3v) is 15.2. The summed E-state index contributed by atoms with van der Waals surface area (Å²) in [6.07, 6.45) is 7.64. The third kappa shape index (κ3) is 6.55. The molecule has 1 fully saturated rings. The molecule has 0 saturated carbocycles. The van der Waals surface area contributed by atoms with Crippen molar-refractivity contribution in [2.45, 2.75) is 48.0 Å². The summed E-state index contributed by atoms with van der Waals surface area (Å²) in [5, 5.41) is 4.74. The van der Waals surface area contributed by atoms with Gasteiger partial charge in [0, 0.05) is 36.2 Å². The molecule has 0 N–H and O–H groups in total. The Morgan fingerprint density at radius 3 is 1.59 bits per heavy atom. The second-order valence-corrected chi connectivity index (χ2v) is 18.0. The molecule has 2 nitrogen and oxygen atoms in total. The highest BCUT2D eigenvalue weighted by atomic mass is 35.5. The predicted octanol–water partition coefficient (Wildman–Crippen LogP) is 11.1. The van der Waals surface area contributed by atoms with Crippen LogP contribution in [-0.4, -0.2) is 18.9 Å². The Hall–Kier alpha value is -4.20. The summed E-state index contributed by atoms with van der Waals surface area (Å²) in [5.41, 5.74) is 13.0. The SMILES string of the molecule is Cc1cc(C)c(N2CCN(c3c(C)cc(C)cc3C)C2=C2C=CC=C(C=P(c3ccccc3)(c3ccccc3)c3cccc(Cl)c3Cl)C2)c(C)c1. The molecule has 2 aliphatic rings. The molecular formula is C46H45Cl2N2P. The average Bonchev–Trinajstić information content (AvgIpc) is 3.52. The van der Waals surface area contributed by atoms with Gasteiger partial charge in [0.1, 0.15) is 5.82 Å². The normalized spacial score (nSPS) is 14.7. The van der Waals surface area contributed by atoms with Crippen LogP contribution in [0.2, 0.25) is 10.0 Å². The first-order chi connectivity index (χ1) is 24.6. The highest BCUT2D eigenvalue weighted by Gasteiger charge is 2.34. The van der Waals surface area contributed by atoms with Gasteiger partial charge in [-0.25, -0.2) is 0 Å². The lowest BCUT2D eigenvalue weighted by Crippen LogP contribution is -2.29. The molecule has 0 unspecified atom stereocenters. The van der Waals surface area contributed by atoms with Crippen molar-refractivity contribution in [3.8, 4) is 0 Å². The Labute approximate surface area is 314 Å². The van der Waals surface area contributed by atoms with Crippen molar-refractivity contribution < 1.29 is 0 Å². The quantitative estimate of drug-likeness (QED) is 0.161. The average molecular weight is 728 g/mol. The van der Waals surface area contributed by atoms with Gasteiger partial charge in [0.15, 0.2) is 0 Å². The summed E-state index contributed by atoms with van der Waals surface area (Å²) in [4.78, 5) is 5.16. The first-order valence-corrected chi connectivity index (χ1v) is 20.3. The van der Waals surface area contributed by atoms with Gasteiger partial charge in [0.2, 0.25) is 0 Å². The van der Waals surface area contributed by atoms with Crippen LogP contribution in [0.25, 0.3) is 0 Å². The van der Waals surface area contributed by atoms with Crippen molar-refractivity contribution in [2.75, 3.05) is 22.9 Å². The summed E-state index contributed by atoms with van der Waals surface area (Å²) in [6.45, 7) is 12.8. The lowest BCUT2D eigenvalue weighted by molar-refractivity contribution is 1.00. The Morgan fingerprint density at radius 2 is 1.10 bits per heavy atom. The highest BCUT2D eigenvalue weighted by Crippen LogP contribution is 2.49. The number of nitrogens with zero attached hydrogens (tertiary/aromatic N) is 2. The molecule has 258 valence electrons. The van der Waals surface area contributed by atoms with Gasteiger partial charge in [-0.1, -0.05) is 150 Å². The second kappa shape index (κ2) is 14.4. The standard InChI is InChI=1S/C46H45Cl2N2P/c1-31-25-33(3)44(34(4)26-31)49-23-24-50(45-35(5)27-32(2)28-36(45)6)46(49)38-16-13-15-37(29-38)30-51(39-17-9-7-10-18-39,40-19-11-8-12-20-40)42-22-14-21-41(47)43(42)48/h7-22,25-28,30H,23-24,29H2,1-6H3. The molecule has 1 aliphatic carbocycles. The molecule has 1 saturated heterocycles. The maximum atomic E-state index is 7.20. The summed E-state index contributed by atoms with van der Waals surface area (Å²) >= 11 is 14.0. The van der Waals surface area contributed by atoms with Crippen LogP contribution in [0, 0.1) is 41.5 Å². The summed E-state index contributed by atoms with van der Waals surface area (Å²) in [5.74, 6) is 3.80. The van der Waals surface area contributed by atoms with Gasteiger partial charge in [-0.05, 0) is 104 Å².